The standard InChI is InChI=1S/C18H19F2N7O2/c19-18(20)3-5-26(6-4-18)13-8-14(22-11-1-2-11)27-15(24-13)10(9-21-27)7-12-16(28)25-17(29)23-12/h7-9,11,28H,1-6H2,(H2,23,25,29)/b10-7-,22-14?. The molecule has 0 unspecified atom stereocenters. The summed E-state index contributed by atoms with van der Waals surface area (Å²) in [7, 11) is 0. The zero-order valence-electron chi connectivity index (χ0n) is 15.4. The second-order valence-electron chi connectivity index (χ2n) is 7.50. The first-order chi connectivity index (χ1) is 13.9. The highest BCUT2D eigenvalue weighted by Gasteiger charge is 2.34. The van der Waals surface area contributed by atoms with E-state index in [2.05, 4.69) is 25.0 Å². The van der Waals surface area contributed by atoms with E-state index in [-0.39, 0.29) is 43.5 Å². The molecule has 3 N–H and O–H groups in total. The molecule has 4 heterocycles. The number of alkyl halides is 2. The maximum Gasteiger partial charge on any atom is 0.326 e. The van der Waals surface area contributed by atoms with Crippen LogP contribution < -0.4 is 21.3 Å². The SMILES string of the molecule is O=c1[nH]c(O)c(/C=c2/cnn3c(=NC4CC4)cc(N4CCC(F)(F)CC4)nc23)[nH]1. The minimum absolute atomic E-state index is 0.204. The van der Waals surface area contributed by atoms with Crippen molar-refractivity contribution in [3.63, 3.8) is 0 Å². The summed E-state index contributed by atoms with van der Waals surface area (Å²) in [5.74, 6) is -2.37. The molecule has 1 aliphatic carbocycles. The van der Waals surface area contributed by atoms with Crippen LogP contribution in [0, 0.1) is 0 Å². The Morgan fingerprint density at radius 3 is 2.69 bits per heavy atom. The third-order valence-electron chi connectivity index (χ3n) is 5.18. The highest BCUT2D eigenvalue weighted by atomic mass is 19.3. The Kier molecular flexibility index (Phi) is 3.93. The summed E-state index contributed by atoms with van der Waals surface area (Å²) >= 11 is 0. The summed E-state index contributed by atoms with van der Waals surface area (Å²) in [4.78, 5) is 27.3. The Bertz CT molecular complexity index is 1250. The maximum absolute atomic E-state index is 13.6. The van der Waals surface area contributed by atoms with E-state index in [0.29, 0.717) is 22.2 Å². The lowest BCUT2D eigenvalue weighted by molar-refractivity contribution is -0.0221. The maximum atomic E-state index is 13.6. The van der Waals surface area contributed by atoms with Gasteiger partial charge in [0.05, 0.1) is 12.2 Å². The van der Waals surface area contributed by atoms with Crippen LogP contribution in [0.2, 0.25) is 0 Å². The summed E-state index contributed by atoms with van der Waals surface area (Å²) in [5.41, 5.74) is 0.755. The van der Waals surface area contributed by atoms with Gasteiger partial charge in [0, 0.05) is 37.2 Å². The fourth-order valence-electron chi connectivity index (χ4n) is 3.41. The van der Waals surface area contributed by atoms with Crippen LogP contribution in [0.5, 0.6) is 5.88 Å². The lowest BCUT2D eigenvalue weighted by Gasteiger charge is -2.32. The van der Waals surface area contributed by atoms with Crippen molar-refractivity contribution in [3.8, 4) is 5.88 Å². The minimum Gasteiger partial charge on any atom is -0.493 e. The number of aromatic hydroxyl groups is 1. The largest absolute Gasteiger partial charge is 0.493 e. The van der Waals surface area contributed by atoms with Crippen LogP contribution >= 0.6 is 0 Å². The van der Waals surface area contributed by atoms with Crippen molar-refractivity contribution in [2.24, 2.45) is 4.99 Å². The molecule has 11 heteroatoms. The number of H-pyrrole nitrogens is 2. The number of halogens is 2. The molecule has 9 nitrogen and oxygen atoms in total. The first kappa shape index (κ1) is 17.8. The molecule has 1 saturated heterocycles. The van der Waals surface area contributed by atoms with Crippen molar-refractivity contribution in [2.75, 3.05) is 18.0 Å². The van der Waals surface area contributed by atoms with E-state index in [1.807, 2.05) is 4.90 Å². The molecule has 2 aliphatic rings. The van der Waals surface area contributed by atoms with Crippen molar-refractivity contribution >= 4 is 17.5 Å². The van der Waals surface area contributed by atoms with Crippen LogP contribution in [0.3, 0.4) is 0 Å². The smallest absolute Gasteiger partial charge is 0.326 e. The molecule has 5 rings (SSSR count). The lowest BCUT2D eigenvalue weighted by Crippen LogP contribution is -2.40. The van der Waals surface area contributed by atoms with E-state index in [1.54, 1.807) is 22.9 Å². The zero-order chi connectivity index (χ0) is 20.2. The van der Waals surface area contributed by atoms with Crippen molar-refractivity contribution in [2.45, 2.75) is 37.6 Å². The molecule has 0 radical (unpaired) electrons. The van der Waals surface area contributed by atoms with Crippen molar-refractivity contribution < 1.29 is 13.9 Å². The molecule has 0 atom stereocenters. The van der Waals surface area contributed by atoms with E-state index >= 15 is 0 Å². The molecular formula is C18H19F2N7O2. The van der Waals surface area contributed by atoms with Gasteiger partial charge in [-0.15, -0.1) is 0 Å². The Morgan fingerprint density at radius 1 is 1.28 bits per heavy atom. The highest BCUT2D eigenvalue weighted by Crippen LogP contribution is 2.29. The van der Waals surface area contributed by atoms with Gasteiger partial charge in [-0.05, 0) is 18.9 Å². The van der Waals surface area contributed by atoms with Crippen LogP contribution in [0.25, 0.3) is 11.7 Å². The van der Waals surface area contributed by atoms with E-state index in [4.69, 9.17) is 0 Å². The van der Waals surface area contributed by atoms with Crippen LogP contribution in [0.1, 0.15) is 31.4 Å². The van der Waals surface area contributed by atoms with E-state index in [1.165, 1.54) is 0 Å². The Labute approximate surface area is 162 Å². The van der Waals surface area contributed by atoms with Gasteiger partial charge in [0.25, 0.3) is 5.92 Å². The average Bonchev–Trinajstić information content (AvgIpc) is 3.30. The fraction of sp³-hybridized carbons (Fsp3) is 0.444. The number of aromatic nitrogens is 5. The number of nitrogens with zero attached hydrogens (tertiary/aromatic N) is 5. The third-order valence-corrected chi connectivity index (χ3v) is 5.18. The molecular weight excluding hydrogens is 384 g/mol. The number of rotatable bonds is 3. The van der Waals surface area contributed by atoms with E-state index in [0.717, 1.165) is 12.8 Å². The summed E-state index contributed by atoms with van der Waals surface area (Å²) in [5, 5.41) is 14.7. The van der Waals surface area contributed by atoms with Gasteiger partial charge in [0.15, 0.2) is 11.1 Å². The molecule has 0 spiro atoms. The fourth-order valence-corrected chi connectivity index (χ4v) is 3.41. The second-order valence-corrected chi connectivity index (χ2v) is 7.50. The number of fused-ring (bicyclic) bond motifs is 1. The first-order valence-electron chi connectivity index (χ1n) is 9.46. The van der Waals surface area contributed by atoms with Gasteiger partial charge in [-0.25, -0.2) is 18.6 Å². The van der Waals surface area contributed by atoms with Crippen molar-refractivity contribution in [1.82, 2.24) is 24.6 Å². The number of piperidine rings is 1. The number of anilines is 1. The van der Waals surface area contributed by atoms with Gasteiger partial charge < -0.3 is 15.0 Å². The predicted octanol–water partition coefficient (Wildman–Crippen LogP) is 0.298. The Balaban J connectivity index is 1.65. The monoisotopic (exact) mass is 403 g/mol. The summed E-state index contributed by atoms with van der Waals surface area (Å²) in [6.45, 7) is 0.413. The number of hydrogen-bond acceptors (Lipinski definition) is 6. The Morgan fingerprint density at radius 2 is 2.03 bits per heavy atom. The zero-order valence-corrected chi connectivity index (χ0v) is 15.4. The quantitative estimate of drug-likeness (QED) is 0.582. The molecule has 29 heavy (non-hydrogen) atoms. The third kappa shape index (κ3) is 3.47. The van der Waals surface area contributed by atoms with Gasteiger partial charge in [-0.3, -0.25) is 9.98 Å². The topological polar surface area (TPSA) is 115 Å². The first-order valence-corrected chi connectivity index (χ1v) is 9.46. The summed E-state index contributed by atoms with van der Waals surface area (Å²) in [6, 6.07) is 2.02. The highest BCUT2D eigenvalue weighted by molar-refractivity contribution is 5.58. The minimum atomic E-state index is -2.64. The normalized spacial score (nSPS) is 20.7. The molecule has 3 aromatic rings. The number of nitrogens with one attached hydrogen (secondary N) is 2. The Hall–Kier alpha value is -3.24. The van der Waals surface area contributed by atoms with Crippen molar-refractivity contribution in [3.05, 3.63) is 39.1 Å². The molecule has 0 bridgehead atoms. The molecule has 152 valence electrons. The lowest BCUT2D eigenvalue weighted by atomic mass is 10.1. The molecule has 0 amide bonds. The van der Waals surface area contributed by atoms with E-state index in [9.17, 15) is 18.7 Å². The average molecular weight is 403 g/mol. The summed E-state index contributed by atoms with van der Waals surface area (Å²) < 4.78 is 28.7. The van der Waals surface area contributed by atoms with Crippen LogP contribution in [0.15, 0.2) is 22.1 Å². The second kappa shape index (κ2) is 6.39. The van der Waals surface area contributed by atoms with Gasteiger partial charge in [0.1, 0.15) is 11.5 Å². The number of imidazole rings is 1. The van der Waals surface area contributed by atoms with Crippen LogP contribution in [-0.4, -0.2) is 54.7 Å². The van der Waals surface area contributed by atoms with Gasteiger partial charge in [-0.2, -0.15) is 9.61 Å². The van der Waals surface area contributed by atoms with Crippen LogP contribution in [-0.2, 0) is 0 Å². The molecule has 3 aromatic heterocycles. The van der Waals surface area contributed by atoms with Crippen molar-refractivity contribution in [1.29, 1.82) is 0 Å². The van der Waals surface area contributed by atoms with Gasteiger partial charge >= 0.3 is 5.69 Å². The molecule has 0 aromatic carbocycles. The molecule has 2 fully saturated rings. The van der Waals surface area contributed by atoms with Gasteiger partial charge in [-0.1, -0.05) is 0 Å². The summed E-state index contributed by atoms with van der Waals surface area (Å²) in [6.07, 6.45) is 4.70. The number of aromatic amines is 2. The molecule has 1 saturated carbocycles. The molecule has 1 aliphatic heterocycles. The van der Waals surface area contributed by atoms with Gasteiger partial charge in [0.2, 0.25) is 5.88 Å². The van der Waals surface area contributed by atoms with E-state index < -0.39 is 11.6 Å². The van der Waals surface area contributed by atoms with Crippen LogP contribution in [0.4, 0.5) is 14.6 Å². The predicted molar refractivity (Wildman–Crippen MR) is 99.8 cm³/mol. The number of hydrogen-bond donors (Lipinski definition) is 3.